The Labute approximate surface area is 129 Å². The van der Waals surface area contributed by atoms with Crippen LogP contribution in [0.2, 0.25) is 5.02 Å². The van der Waals surface area contributed by atoms with Crippen LogP contribution < -0.4 is 10.6 Å². The van der Waals surface area contributed by atoms with Crippen LogP contribution in [0.15, 0.2) is 12.3 Å². The number of aromatic nitrogens is 1. The summed E-state index contributed by atoms with van der Waals surface area (Å²) in [4.78, 5) is 14.5. The number of nitro groups is 1. The molecule has 7 heteroatoms. The molecule has 0 bridgehead atoms. The molecule has 1 fully saturated rings. The highest BCUT2D eigenvalue weighted by molar-refractivity contribution is 6.30. The molecule has 0 unspecified atom stereocenters. The molecule has 1 saturated carbocycles. The zero-order valence-electron chi connectivity index (χ0n) is 12.0. The Morgan fingerprint density at radius 1 is 1.29 bits per heavy atom. The molecule has 2 N–H and O–H groups in total. The lowest BCUT2D eigenvalue weighted by Crippen LogP contribution is -2.32. The number of pyridine rings is 1. The maximum atomic E-state index is 10.9. The minimum atomic E-state index is -0.472. The first-order chi connectivity index (χ1) is 10.2. The van der Waals surface area contributed by atoms with Crippen LogP contribution in [0.1, 0.15) is 38.5 Å². The summed E-state index contributed by atoms with van der Waals surface area (Å²) >= 11 is 5.73. The quantitative estimate of drug-likeness (QED) is 0.364. The average molecular weight is 313 g/mol. The van der Waals surface area contributed by atoms with Gasteiger partial charge in [0.2, 0.25) is 5.82 Å². The lowest BCUT2D eigenvalue weighted by atomic mass is 10.1. The molecule has 2 rings (SSSR count). The Balaban J connectivity index is 1.79. The van der Waals surface area contributed by atoms with Gasteiger partial charge in [0.05, 0.1) is 9.95 Å². The fourth-order valence-corrected chi connectivity index (χ4v) is 2.80. The smallest absolute Gasteiger partial charge is 0.312 e. The normalized spacial score (nSPS) is 16.4. The maximum Gasteiger partial charge on any atom is 0.312 e. The van der Waals surface area contributed by atoms with Crippen molar-refractivity contribution >= 4 is 23.1 Å². The van der Waals surface area contributed by atoms with Crippen LogP contribution in [-0.4, -0.2) is 29.0 Å². The van der Waals surface area contributed by atoms with Crippen LogP contribution >= 0.6 is 11.6 Å². The van der Waals surface area contributed by atoms with E-state index in [0.29, 0.717) is 12.6 Å². The van der Waals surface area contributed by atoms with Gasteiger partial charge >= 0.3 is 5.69 Å². The van der Waals surface area contributed by atoms with Crippen LogP contribution in [0.4, 0.5) is 11.5 Å². The van der Waals surface area contributed by atoms with Crippen LogP contribution in [0.5, 0.6) is 0 Å². The van der Waals surface area contributed by atoms with Crippen molar-refractivity contribution in [3.8, 4) is 0 Å². The monoisotopic (exact) mass is 312 g/mol. The van der Waals surface area contributed by atoms with E-state index in [-0.39, 0.29) is 16.5 Å². The molecule has 1 aliphatic rings. The topological polar surface area (TPSA) is 80.1 Å². The summed E-state index contributed by atoms with van der Waals surface area (Å²) in [5, 5.41) is 17.7. The van der Waals surface area contributed by atoms with Gasteiger partial charge in [-0.25, -0.2) is 4.98 Å². The first kappa shape index (κ1) is 16.0. The predicted octanol–water partition coefficient (Wildman–Crippen LogP) is 3.37. The van der Waals surface area contributed by atoms with Gasteiger partial charge in [0.25, 0.3) is 0 Å². The fourth-order valence-electron chi connectivity index (χ4n) is 2.64. The molecular formula is C14H21ClN4O2. The largest absolute Gasteiger partial charge is 0.363 e. The van der Waals surface area contributed by atoms with Gasteiger partial charge in [0, 0.05) is 31.4 Å². The van der Waals surface area contributed by atoms with Crippen LogP contribution in [0, 0.1) is 10.1 Å². The molecule has 0 radical (unpaired) electrons. The number of nitrogens with one attached hydrogen (secondary N) is 2. The molecular weight excluding hydrogens is 292 g/mol. The highest BCUT2D eigenvalue weighted by Crippen LogP contribution is 2.24. The van der Waals surface area contributed by atoms with Gasteiger partial charge in [-0.3, -0.25) is 10.1 Å². The number of anilines is 1. The SMILES string of the molecule is O=[N+]([O-])c1cc(Cl)cnc1NCCNC1CCCCCC1. The van der Waals surface area contributed by atoms with E-state index in [1.807, 2.05) is 0 Å². The molecule has 0 aromatic carbocycles. The summed E-state index contributed by atoms with van der Waals surface area (Å²) in [5.74, 6) is 0.270. The molecule has 1 aliphatic carbocycles. The molecule has 0 saturated heterocycles. The minimum Gasteiger partial charge on any atom is -0.363 e. The number of hydrogen-bond acceptors (Lipinski definition) is 5. The van der Waals surface area contributed by atoms with E-state index in [9.17, 15) is 10.1 Å². The number of halogens is 1. The Hall–Kier alpha value is -1.40. The van der Waals surface area contributed by atoms with Crippen molar-refractivity contribution in [2.75, 3.05) is 18.4 Å². The van der Waals surface area contributed by atoms with Crippen molar-refractivity contribution in [3.05, 3.63) is 27.4 Å². The van der Waals surface area contributed by atoms with E-state index >= 15 is 0 Å². The van der Waals surface area contributed by atoms with Crippen LogP contribution in [0.25, 0.3) is 0 Å². The zero-order chi connectivity index (χ0) is 15.1. The van der Waals surface area contributed by atoms with Gasteiger partial charge in [0.15, 0.2) is 0 Å². The van der Waals surface area contributed by atoms with Gasteiger partial charge < -0.3 is 10.6 Å². The molecule has 0 spiro atoms. The van der Waals surface area contributed by atoms with Gasteiger partial charge in [-0.05, 0) is 12.8 Å². The van der Waals surface area contributed by atoms with Crippen molar-refractivity contribution in [1.82, 2.24) is 10.3 Å². The van der Waals surface area contributed by atoms with E-state index < -0.39 is 4.92 Å². The van der Waals surface area contributed by atoms with Crippen molar-refractivity contribution in [2.45, 2.75) is 44.6 Å². The summed E-state index contributed by atoms with van der Waals surface area (Å²) in [7, 11) is 0. The van der Waals surface area contributed by atoms with Crippen LogP contribution in [-0.2, 0) is 0 Å². The molecule has 0 amide bonds. The predicted molar refractivity (Wildman–Crippen MR) is 83.9 cm³/mol. The summed E-state index contributed by atoms with van der Waals surface area (Å²) in [6.45, 7) is 1.37. The summed E-state index contributed by atoms with van der Waals surface area (Å²) in [5.41, 5.74) is -0.0861. The maximum absolute atomic E-state index is 10.9. The van der Waals surface area contributed by atoms with Gasteiger partial charge in [-0.1, -0.05) is 37.3 Å². The summed E-state index contributed by atoms with van der Waals surface area (Å²) < 4.78 is 0. The number of nitrogens with zero attached hydrogens (tertiary/aromatic N) is 2. The Bertz CT molecular complexity index is 476. The van der Waals surface area contributed by atoms with Crippen molar-refractivity contribution in [2.24, 2.45) is 0 Å². The Kier molecular flexibility index (Phi) is 6.20. The lowest BCUT2D eigenvalue weighted by molar-refractivity contribution is -0.384. The van der Waals surface area contributed by atoms with E-state index in [4.69, 9.17) is 11.6 Å². The molecule has 1 heterocycles. The van der Waals surface area contributed by atoms with E-state index in [1.165, 1.54) is 50.8 Å². The molecule has 1 aromatic heterocycles. The fraction of sp³-hybridized carbons (Fsp3) is 0.643. The first-order valence-electron chi connectivity index (χ1n) is 7.44. The average Bonchev–Trinajstić information content (AvgIpc) is 2.73. The summed E-state index contributed by atoms with van der Waals surface area (Å²) in [6, 6.07) is 1.89. The van der Waals surface area contributed by atoms with Gasteiger partial charge in [-0.2, -0.15) is 0 Å². The second kappa shape index (κ2) is 8.14. The molecule has 0 aliphatic heterocycles. The zero-order valence-corrected chi connectivity index (χ0v) is 12.7. The molecule has 0 atom stereocenters. The van der Waals surface area contributed by atoms with Crippen molar-refractivity contribution in [3.63, 3.8) is 0 Å². The van der Waals surface area contributed by atoms with E-state index in [1.54, 1.807) is 0 Å². The first-order valence-corrected chi connectivity index (χ1v) is 7.82. The standard InChI is InChI=1S/C14H21ClN4O2/c15-11-9-13(19(20)21)14(18-10-11)17-8-7-16-12-5-3-1-2-4-6-12/h9-10,12,16H,1-8H2,(H,17,18). The highest BCUT2D eigenvalue weighted by atomic mass is 35.5. The van der Waals surface area contributed by atoms with Gasteiger partial charge in [0.1, 0.15) is 0 Å². The van der Waals surface area contributed by atoms with Crippen LogP contribution in [0.3, 0.4) is 0 Å². The van der Waals surface area contributed by atoms with Crippen molar-refractivity contribution in [1.29, 1.82) is 0 Å². The Morgan fingerprint density at radius 2 is 2.00 bits per heavy atom. The Morgan fingerprint density at radius 3 is 2.67 bits per heavy atom. The second-order valence-electron chi connectivity index (χ2n) is 5.35. The van der Waals surface area contributed by atoms with E-state index in [0.717, 1.165) is 6.54 Å². The third-order valence-corrected chi connectivity index (χ3v) is 3.94. The van der Waals surface area contributed by atoms with Gasteiger partial charge in [-0.15, -0.1) is 0 Å². The van der Waals surface area contributed by atoms with E-state index in [2.05, 4.69) is 15.6 Å². The minimum absolute atomic E-state index is 0.0861. The summed E-state index contributed by atoms with van der Waals surface area (Å²) in [6.07, 6.45) is 9.09. The lowest BCUT2D eigenvalue weighted by Gasteiger charge is -2.16. The molecule has 1 aromatic rings. The molecule has 116 valence electrons. The number of rotatable bonds is 6. The third-order valence-electron chi connectivity index (χ3n) is 3.74. The molecule has 6 nitrogen and oxygen atoms in total. The number of hydrogen-bond donors (Lipinski definition) is 2. The van der Waals surface area contributed by atoms with Crippen molar-refractivity contribution < 1.29 is 4.92 Å². The second-order valence-corrected chi connectivity index (χ2v) is 5.78. The highest BCUT2D eigenvalue weighted by Gasteiger charge is 2.16. The third kappa shape index (κ3) is 5.13. The molecule has 21 heavy (non-hydrogen) atoms.